The van der Waals surface area contributed by atoms with Gasteiger partial charge in [0.1, 0.15) is 17.9 Å². The average molecular weight is 394 g/mol. The van der Waals surface area contributed by atoms with Crippen molar-refractivity contribution in [1.82, 2.24) is 24.9 Å². The van der Waals surface area contributed by atoms with E-state index in [1.165, 1.54) is 11.6 Å². The molecule has 2 N–H and O–H groups in total. The molecule has 2 atom stereocenters. The summed E-state index contributed by atoms with van der Waals surface area (Å²) in [6, 6.07) is 3.83. The summed E-state index contributed by atoms with van der Waals surface area (Å²) in [7, 11) is 0. The lowest BCUT2D eigenvalue weighted by Crippen LogP contribution is -2.36. The second-order valence-electron chi connectivity index (χ2n) is 7.73. The lowest BCUT2D eigenvalue weighted by molar-refractivity contribution is 0.356. The van der Waals surface area contributed by atoms with Crippen molar-refractivity contribution in [3.05, 3.63) is 53.2 Å². The Morgan fingerprint density at radius 3 is 3.10 bits per heavy atom. The quantitative estimate of drug-likeness (QED) is 0.709. The van der Waals surface area contributed by atoms with Crippen molar-refractivity contribution in [2.75, 3.05) is 11.9 Å². The first-order valence-electron chi connectivity index (χ1n) is 9.93. The molecular formula is C21H23FN6O. The highest BCUT2D eigenvalue weighted by molar-refractivity contribution is 5.77. The van der Waals surface area contributed by atoms with Gasteiger partial charge >= 0.3 is 0 Å². The largest absolute Gasteiger partial charge is 0.493 e. The molecular weight excluding hydrogens is 371 g/mol. The van der Waals surface area contributed by atoms with Crippen LogP contribution < -0.4 is 15.4 Å². The first-order chi connectivity index (χ1) is 14.1. The van der Waals surface area contributed by atoms with Gasteiger partial charge in [0.25, 0.3) is 0 Å². The molecule has 2 unspecified atom stereocenters. The highest BCUT2D eigenvalue weighted by Crippen LogP contribution is 2.31. The zero-order valence-electron chi connectivity index (χ0n) is 16.4. The molecule has 2 aromatic heterocycles. The fraction of sp³-hybridized carbons (Fsp3) is 0.381. The maximum Gasteiger partial charge on any atom is 0.210 e. The molecule has 5 rings (SSSR count). The van der Waals surface area contributed by atoms with Crippen LogP contribution in [-0.2, 0) is 13.0 Å². The third-order valence-corrected chi connectivity index (χ3v) is 5.57. The van der Waals surface area contributed by atoms with Crippen molar-refractivity contribution in [3.63, 3.8) is 0 Å². The van der Waals surface area contributed by atoms with Crippen LogP contribution in [0.5, 0.6) is 5.75 Å². The van der Waals surface area contributed by atoms with Crippen LogP contribution in [0, 0.1) is 5.82 Å². The molecule has 0 amide bonds. The number of hydrogen-bond acceptors (Lipinski definition) is 6. The standard InChI is InChI=1S/C21H23FN6O/c1-12-7-14(8-13(2)26-12)16-9-23-21(28-11-25-27-20(16)28)24-10-17-15-5-6-29-19(15)4-3-18(17)22/h3-4,7,9,11-13,26H,5-6,8,10H2,1-2H3,(H,23,24). The molecule has 3 aromatic rings. The van der Waals surface area contributed by atoms with Crippen molar-refractivity contribution in [3.8, 4) is 5.75 Å². The van der Waals surface area contributed by atoms with Crippen LogP contribution in [0.2, 0.25) is 0 Å². The number of nitrogens with one attached hydrogen (secondary N) is 2. The van der Waals surface area contributed by atoms with E-state index in [-0.39, 0.29) is 5.82 Å². The summed E-state index contributed by atoms with van der Waals surface area (Å²) in [5, 5.41) is 15.1. The number of anilines is 1. The third-order valence-electron chi connectivity index (χ3n) is 5.57. The molecule has 0 spiro atoms. The van der Waals surface area contributed by atoms with E-state index in [0.29, 0.717) is 36.7 Å². The molecule has 150 valence electrons. The molecule has 0 saturated carbocycles. The van der Waals surface area contributed by atoms with Crippen LogP contribution in [0.4, 0.5) is 10.3 Å². The predicted octanol–water partition coefficient (Wildman–Crippen LogP) is 2.96. The van der Waals surface area contributed by atoms with Gasteiger partial charge in [-0.25, -0.2) is 9.37 Å². The predicted molar refractivity (Wildman–Crippen MR) is 108 cm³/mol. The summed E-state index contributed by atoms with van der Waals surface area (Å²) < 4.78 is 21.8. The molecule has 0 bridgehead atoms. The van der Waals surface area contributed by atoms with Gasteiger partial charge in [-0.1, -0.05) is 6.08 Å². The Hall–Kier alpha value is -3.00. The maximum absolute atomic E-state index is 14.4. The minimum atomic E-state index is -0.235. The number of ether oxygens (including phenoxy) is 1. The second kappa shape index (κ2) is 7.11. The van der Waals surface area contributed by atoms with Gasteiger partial charge in [-0.2, -0.15) is 0 Å². The Balaban J connectivity index is 1.46. The van der Waals surface area contributed by atoms with Gasteiger partial charge in [0.05, 0.1) is 6.61 Å². The van der Waals surface area contributed by atoms with E-state index < -0.39 is 0 Å². The number of rotatable bonds is 4. The van der Waals surface area contributed by atoms with Gasteiger partial charge in [-0.15, -0.1) is 10.2 Å². The Labute approximate surface area is 168 Å². The minimum Gasteiger partial charge on any atom is -0.493 e. The number of fused-ring (bicyclic) bond motifs is 2. The van der Waals surface area contributed by atoms with Crippen LogP contribution in [0.1, 0.15) is 37.0 Å². The summed E-state index contributed by atoms with van der Waals surface area (Å²) >= 11 is 0. The van der Waals surface area contributed by atoms with Gasteiger partial charge < -0.3 is 15.4 Å². The summed E-state index contributed by atoms with van der Waals surface area (Å²) in [6.07, 6.45) is 7.30. The summed E-state index contributed by atoms with van der Waals surface area (Å²) in [5.41, 5.74) is 4.49. The zero-order valence-corrected chi connectivity index (χ0v) is 16.4. The fourth-order valence-corrected chi connectivity index (χ4v) is 4.31. The molecule has 0 fully saturated rings. The fourth-order valence-electron chi connectivity index (χ4n) is 4.31. The van der Waals surface area contributed by atoms with Crippen molar-refractivity contribution in [2.24, 2.45) is 0 Å². The highest BCUT2D eigenvalue weighted by atomic mass is 19.1. The molecule has 29 heavy (non-hydrogen) atoms. The number of aromatic nitrogens is 4. The Morgan fingerprint density at radius 2 is 2.24 bits per heavy atom. The summed E-state index contributed by atoms with van der Waals surface area (Å²) in [4.78, 5) is 4.60. The van der Waals surface area contributed by atoms with E-state index in [4.69, 9.17) is 4.74 Å². The van der Waals surface area contributed by atoms with E-state index in [2.05, 4.69) is 45.7 Å². The number of benzene rings is 1. The molecule has 0 aliphatic carbocycles. The number of nitrogens with zero attached hydrogens (tertiary/aromatic N) is 4. The number of halogens is 1. The topological polar surface area (TPSA) is 76.4 Å². The highest BCUT2D eigenvalue weighted by Gasteiger charge is 2.22. The molecule has 7 nitrogen and oxygen atoms in total. The summed E-state index contributed by atoms with van der Waals surface area (Å²) in [5.74, 6) is 1.11. The van der Waals surface area contributed by atoms with E-state index in [0.717, 1.165) is 35.4 Å². The van der Waals surface area contributed by atoms with Crippen LogP contribution in [-0.4, -0.2) is 38.3 Å². The SMILES string of the molecule is CC1C=C(c2cnc(NCc3c(F)ccc4c3CCO4)n3cnnc23)CC(C)N1. The van der Waals surface area contributed by atoms with Crippen molar-refractivity contribution < 1.29 is 9.13 Å². The van der Waals surface area contributed by atoms with Crippen LogP contribution in [0.3, 0.4) is 0 Å². The van der Waals surface area contributed by atoms with Crippen molar-refractivity contribution in [1.29, 1.82) is 0 Å². The molecule has 4 heterocycles. The Kier molecular flexibility index (Phi) is 4.43. The second-order valence-corrected chi connectivity index (χ2v) is 7.73. The van der Waals surface area contributed by atoms with E-state index >= 15 is 0 Å². The average Bonchev–Trinajstić information content (AvgIpc) is 3.36. The summed E-state index contributed by atoms with van der Waals surface area (Å²) in [6.45, 7) is 5.22. The van der Waals surface area contributed by atoms with Gasteiger partial charge in [0.2, 0.25) is 5.95 Å². The monoisotopic (exact) mass is 394 g/mol. The molecule has 2 aliphatic rings. The molecule has 2 aliphatic heterocycles. The minimum absolute atomic E-state index is 0.235. The Bertz CT molecular complexity index is 1110. The van der Waals surface area contributed by atoms with Crippen LogP contribution in [0.15, 0.2) is 30.7 Å². The normalized spacial score (nSPS) is 21.0. The maximum atomic E-state index is 14.4. The zero-order chi connectivity index (χ0) is 20.0. The molecule has 8 heteroatoms. The van der Waals surface area contributed by atoms with Crippen LogP contribution in [0.25, 0.3) is 11.2 Å². The van der Waals surface area contributed by atoms with Gasteiger partial charge in [0.15, 0.2) is 5.65 Å². The molecule has 0 radical (unpaired) electrons. The van der Waals surface area contributed by atoms with Gasteiger partial charge in [0, 0.05) is 47.9 Å². The first-order valence-corrected chi connectivity index (χ1v) is 9.93. The van der Waals surface area contributed by atoms with E-state index in [1.807, 2.05) is 10.6 Å². The first kappa shape index (κ1) is 18.1. The lowest BCUT2D eigenvalue weighted by atomic mass is 9.95. The van der Waals surface area contributed by atoms with Gasteiger partial charge in [-0.05, 0) is 38.0 Å². The smallest absolute Gasteiger partial charge is 0.210 e. The lowest BCUT2D eigenvalue weighted by Gasteiger charge is -2.26. The van der Waals surface area contributed by atoms with Gasteiger partial charge in [-0.3, -0.25) is 4.40 Å². The van der Waals surface area contributed by atoms with E-state index in [1.54, 1.807) is 12.4 Å². The van der Waals surface area contributed by atoms with E-state index in [9.17, 15) is 4.39 Å². The third kappa shape index (κ3) is 3.23. The van der Waals surface area contributed by atoms with Crippen molar-refractivity contribution in [2.45, 2.75) is 45.3 Å². The Morgan fingerprint density at radius 1 is 1.34 bits per heavy atom. The molecule has 1 aromatic carbocycles. The van der Waals surface area contributed by atoms with Crippen LogP contribution >= 0.6 is 0 Å². The van der Waals surface area contributed by atoms with Crippen molar-refractivity contribution >= 4 is 17.2 Å². The number of hydrogen-bond donors (Lipinski definition) is 2. The molecule has 0 saturated heterocycles.